The van der Waals surface area contributed by atoms with Crippen LogP contribution in [0.25, 0.3) is 0 Å². The van der Waals surface area contributed by atoms with Crippen LogP contribution in [0.1, 0.15) is 53.4 Å². The molecule has 0 aliphatic heterocycles. The van der Waals surface area contributed by atoms with Gasteiger partial charge in [0.2, 0.25) is 0 Å². The third kappa shape index (κ3) is 5.29. The van der Waals surface area contributed by atoms with Gasteiger partial charge in [-0.25, -0.2) is 0 Å². The van der Waals surface area contributed by atoms with Crippen molar-refractivity contribution in [3.63, 3.8) is 0 Å². The first-order valence-corrected chi connectivity index (χ1v) is 5.89. The van der Waals surface area contributed by atoms with Gasteiger partial charge in [0.15, 0.2) is 0 Å². The molecule has 0 radical (unpaired) electrons. The van der Waals surface area contributed by atoms with E-state index in [1.165, 1.54) is 19.3 Å². The maximum atomic E-state index is 5.44. The van der Waals surface area contributed by atoms with E-state index < -0.39 is 0 Å². The summed E-state index contributed by atoms with van der Waals surface area (Å²) in [6.07, 6.45) is 10.1. The molecule has 1 nitrogen and oxygen atoms in total. The molecule has 0 aliphatic rings. The fraction of sp³-hybridized carbons (Fsp3) is 0.846. The van der Waals surface area contributed by atoms with Gasteiger partial charge in [-0.15, -0.1) is 6.42 Å². The molecule has 3 unspecified atom stereocenters. The third-order valence-electron chi connectivity index (χ3n) is 2.92. The van der Waals surface area contributed by atoms with E-state index in [9.17, 15) is 0 Å². The summed E-state index contributed by atoms with van der Waals surface area (Å²) in [5.74, 6) is 3.59. The minimum Gasteiger partial charge on any atom is -0.301 e. The molecular weight excluding hydrogens is 170 g/mol. The predicted octanol–water partition coefficient (Wildman–Crippen LogP) is 3.20. The molecule has 0 aromatic heterocycles. The smallest absolute Gasteiger partial charge is 0.0686 e. The molecule has 0 amide bonds. The van der Waals surface area contributed by atoms with Gasteiger partial charge >= 0.3 is 0 Å². The Kier molecular flexibility index (Phi) is 7.61. The van der Waals surface area contributed by atoms with Gasteiger partial charge in [0.1, 0.15) is 0 Å². The van der Waals surface area contributed by atoms with Crippen molar-refractivity contribution < 1.29 is 0 Å². The molecule has 3 atom stereocenters. The van der Waals surface area contributed by atoms with Crippen molar-refractivity contribution in [2.24, 2.45) is 5.92 Å². The molecule has 82 valence electrons. The first kappa shape index (κ1) is 13.5. The normalized spacial score (nSPS) is 17.1. The van der Waals surface area contributed by atoms with Crippen LogP contribution >= 0.6 is 0 Å². The minimum absolute atomic E-state index is 0.254. The number of rotatable bonds is 7. The van der Waals surface area contributed by atoms with E-state index in [-0.39, 0.29) is 6.04 Å². The standard InChI is InChI=1S/C13H25N/c1-6-11(5)10-13(9-4)14-12(7-2)8-3/h2,11-14H,6,8-10H2,1,3-5H3. The summed E-state index contributed by atoms with van der Waals surface area (Å²) in [5.41, 5.74) is 0. The topological polar surface area (TPSA) is 12.0 Å². The quantitative estimate of drug-likeness (QED) is 0.615. The SMILES string of the molecule is C#CC(CC)NC(CC)CC(C)CC. The van der Waals surface area contributed by atoms with E-state index in [2.05, 4.69) is 38.9 Å². The van der Waals surface area contributed by atoms with E-state index >= 15 is 0 Å². The lowest BCUT2D eigenvalue weighted by Crippen LogP contribution is -2.37. The number of hydrogen-bond donors (Lipinski definition) is 1. The predicted molar refractivity (Wildman–Crippen MR) is 64.2 cm³/mol. The Balaban J connectivity index is 3.96. The molecule has 0 aromatic rings. The highest BCUT2D eigenvalue weighted by Gasteiger charge is 2.12. The van der Waals surface area contributed by atoms with Crippen LogP contribution in [0.3, 0.4) is 0 Å². The Hall–Kier alpha value is -0.480. The molecule has 0 saturated carbocycles. The zero-order chi connectivity index (χ0) is 11.0. The summed E-state index contributed by atoms with van der Waals surface area (Å²) in [5, 5.41) is 3.53. The van der Waals surface area contributed by atoms with Crippen LogP contribution in [-0.4, -0.2) is 12.1 Å². The fourth-order valence-corrected chi connectivity index (χ4v) is 1.57. The van der Waals surface area contributed by atoms with Gasteiger partial charge in [0.05, 0.1) is 6.04 Å². The molecular formula is C13H25N. The van der Waals surface area contributed by atoms with Crippen LogP contribution < -0.4 is 5.32 Å². The average molecular weight is 195 g/mol. The lowest BCUT2D eigenvalue weighted by molar-refractivity contribution is 0.367. The van der Waals surface area contributed by atoms with Crippen molar-refractivity contribution in [2.75, 3.05) is 0 Å². The number of terminal acetylenes is 1. The summed E-state index contributed by atoms with van der Waals surface area (Å²) in [6, 6.07) is 0.843. The minimum atomic E-state index is 0.254. The van der Waals surface area contributed by atoms with Crippen LogP contribution in [0.5, 0.6) is 0 Å². The molecule has 1 heteroatoms. The van der Waals surface area contributed by atoms with Gasteiger partial charge < -0.3 is 5.32 Å². The molecule has 0 bridgehead atoms. The second-order valence-corrected chi connectivity index (χ2v) is 4.15. The average Bonchev–Trinajstić information content (AvgIpc) is 2.23. The van der Waals surface area contributed by atoms with E-state index in [1.54, 1.807) is 0 Å². The molecule has 0 heterocycles. The maximum Gasteiger partial charge on any atom is 0.0686 e. The second kappa shape index (κ2) is 7.88. The van der Waals surface area contributed by atoms with Crippen molar-refractivity contribution >= 4 is 0 Å². The molecule has 14 heavy (non-hydrogen) atoms. The summed E-state index contributed by atoms with van der Waals surface area (Å²) in [6.45, 7) is 8.91. The maximum absolute atomic E-state index is 5.44. The van der Waals surface area contributed by atoms with Gasteiger partial charge in [0.25, 0.3) is 0 Å². The Morgan fingerprint density at radius 1 is 1.14 bits per heavy atom. The zero-order valence-corrected chi connectivity index (χ0v) is 10.1. The lowest BCUT2D eigenvalue weighted by atomic mass is 9.97. The van der Waals surface area contributed by atoms with Crippen LogP contribution in [0.2, 0.25) is 0 Å². The largest absolute Gasteiger partial charge is 0.301 e. The Labute approximate surface area is 89.7 Å². The molecule has 0 aliphatic carbocycles. The van der Waals surface area contributed by atoms with Crippen molar-refractivity contribution in [3.05, 3.63) is 0 Å². The van der Waals surface area contributed by atoms with E-state index in [0.29, 0.717) is 6.04 Å². The third-order valence-corrected chi connectivity index (χ3v) is 2.92. The van der Waals surface area contributed by atoms with Crippen molar-refractivity contribution in [2.45, 2.75) is 65.5 Å². The highest BCUT2D eigenvalue weighted by molar-refractivity contribution is 4.99. The first-order valence-electron chi connectivity index (χ1n) is 5.89. The molecule has 0 fully saturated rings. The molecule has 0 spiro atoms. The molecule has 0 rings (SSSR count). The van der Waals surface area contributed by atoms with Crippen molar-refractivity contribution in [3.8, 4) is 12.3 Å². The molecule has 0 saturated heterocycles. The highest BCUT2D eigenvalue weighted by atomic mass is 14.9. The van der Waals surface area contributed by atoms with Crippen LogP contribution in [0, 0.1) is 18.3 Å². The van der Waals surface area contributed by atoms with E-state index in [4.69, 9.17) is 6.42 Å². The fourth-order valence-electron chi connectivity index (χ4n) is 1.57. The monoisotopic (exact) mass is 195 g/mol. The summed E-state index contributed by atoms with van der Waals surface area (Å²) < 4.78 is 0. The van der Waals surface area contributed by atoms with Crippen molar-refractivity contribution in [1.29, 1.82) is 0 Å². The van der Waals surface area contributed by atoms with Gasteiger partial charge in [-0.2, -0.15) is 0 Å². The lowest BCUT2D eigenvalue weighted by Gasteiger charge is -2.23. The highest BCUT2D eigenvalue weighted by Crippen LogP contribution is 2.12. The first-order chi connectivity index (χ1) is 6.67. The zero-order valence-electron chi connectivity index (χ0n) is 10.1. The number of hydrogen-bond acceptors (Lipinski definition) is 1. The van der Waals surface area contributed by atoms with Crippen LogP contribution in [0.4, 0.5) is 0 Å². The summed E-state index contributed by atoms with van der Waals surface area (Å²) in [4.78, 5) is 0. The Morgan fingerprint density at radius 3 is 2.14 bits per heavy atom. The molecule has 1 N–H and O–H groups in total. The van der Waals surface area contributed by atoms with Crippen molar-refractivity contribution in [1.82, 2.24) is 5.32 Å². The van der Waals surface area contributed by atoms with Crippen LogP contribution in [0.15, 0.2) is 0 Å². The van der Waals surface area contributed by atoms with Crippen LogP contribution in [-0.2, 0) is 0 Å². The summed E-state index contributed by atoms with van der Waals surface area (Å²) in [7, 11) is 0. The van der Waals surface area contributed by atoms with Gasteiger partial charge in [-0.05, 0) is 25.2 Å². The van der Waals surface area contributed by atoms with E-state index in [1.807, 2.05) is 0 Å². The summed E-state index contributed by atoms with van der Waals surface area (Å²) >= 11 is 0. The Bertz CT molecular complexity index is 169. The van der Waals surface area contributed by atoms with E-state index in [0.717, 1.165) is 12.3 Å². The Morgan fingerprint density at radius 2 is 1.79 bits per heavy atom. The van der Waals surface area contributed by atoms with Gasteiger partial charge in [-0.1, -0.05) is 40.0 Å². The second-order valence-electron chi connectivity index (χ2n) is 4.15. The molecule has 0 aromatic carbocycles. The van der Waals surface area contributed by atoms with Gasteiger partial charge in [-0.3, -0.25) is 0 Å². The number of nitrogens with one attached hydrogen (secondary N) is 1. The van der Waals surface area contributed by atoms with Gasteiger partial charge in [0, 0.05) is 6.04 Å².